The molecule has 1 unspecified atom stereocenters. The maximum atomic E-state index is 17.3. The highest BCUT2D eigenvalue weighted by Crippen LogP contribution is 2.49. The number of amides is 1. The van der Waals surface area contributed by atoms with Crippen molar-refractivity contribution in [1.82, 2.24) is 19.8 Å². The Labute approximate surface area is 278 Å². The number of carbonyl (C=O) groups excluding carboxylic acids is 1. The number of rotatable bonds is 5. The summed E-state index contributed by atoms with van der Waals surface area (Å²) in [5.41, 5.74) is 6.39. The lowest BCUT2D eigenvalue weighted by Crippen LogP contribution is -2.58. The van der Waals surface area contributed by atoms with E-state index in [1.807, 2.05) is 11.8 Å². The number of aromatic nitrogens is 2. The minimum atomic E-state index is -0.957. The molecule has 0 aliphatic carbocycles. The summed E-state index contributed by atoms with van der Waals surface area (Å²) < 4.78 is 59.7. The van der Waals surface area contributed by atoms with Gasteiger partial charge in [0.05, 0.1) is 27.8 Å². The van der Waals surface area contributed by atoms with E-state index in [0.29, 0.717) is 61.5 Å². The Bertz CT molecular complexity index is 2050. The highest BCUT2D eigenvalue weighted by Gasteiger charge is 2.49. The number of nitriles is 1. The number of likely N-dealkylation sites (N-methyl/N-ethyl adjacent to an activating group) is 1. The van der Waals surface area contributed by atoms with Gasteiger partial charge in [-0.1, -0.05) is 6.07 Å². The minimum absolute atomic E-state index is 0.0629. The van der Waals surface area contributed by atoms with Crippen molar-refractivity contribution < 1.29 is 27.4 Å². The number of fused-ring (bicyclic) bond motifs is 4. The SMILES string of the molecule is CCN1CCN2c3nc(OC[C@@]45CCCN4C[C@H](F)C5)nc4c(F)c(-c5ccc(F)c6sc(N)c(C#N)c56)c(C)c(c34)OCCC2C1=O. The molecular formula is C34H34F3N7O3S. The molecule has 2 aromatic carbocycles. The molecule has 3 fully saturated rings. The lowest BCUT2D eigenvalue weighted by Gasteiger charge is -2.42. The Morgan fingerprint density at radius 2 is 2.06 bits per heavy atom. The molecule has 0 spiro atoms. The number of nitrogens with zero attached hydrogens (tertiary/aromatic N) is 6. The quantitative estimate of drug-likeness (QED) is 0.299. The molecular weight excluding hydrogens is 643 g/mol. The van der Waals surface area contributed by atoms with Crippen LogP contribution in [0, 0.1) is 29.9 Å². The van der Waals surface area contributed by atoms with E-state index in [4.69, 9.17) is 20.2 Å². The largest absolute Gasteiger partial charge is 0.492 e. The predicted octanol–water partition coefficient (Wildman–Crippen LogP) is 5.33. The van der Waals surface area contributed by atoms with Crippen molar-refractivity contribution in [3.05, 3.63) is 34.9 Å². The zero-order valence-corrected chi connectivity index (χ0v) is 27.4. The number of nitrogens with two attached hydrogens (primary N) is 1. The van der Waals surface area contributed by atoms with Crippen molar-refractivity contribution >= 4 is 49.1 Å². The number of nitrogen functional groups attached to an aromatic ring is 1. The zero-order chi connectivity index (χ0) is 33.5. The second-order valence-electron chi connectivity index (χ2n) is 13.1. The Kier molecular flexibility index (Phi) is 7.33. The first-order valence-electron chi connectivity index (χ1n) is 16.3. The number of alkyl halides is 1. The molecule has 6 heterocycles. The van der Waals surface area contributed by atoms with Gasteiger partial charge in [-0.05, 0) is 44.9 Å². The molecule has 4 aliphatic heterocycles. The number of hydrogen-bond acceptors (Lipinski definition) is 10. The number of thiophene rings is 1. The maximum Gasteiger partial charge on any atom is 0.319 e. The first-order chi connectivity index (χ1) is 23.2. The molecule has 2 N–H and O–H groups in total. The van der Waals surface area contributed by atoms with Crippen LogP contribution in [0.1, 0.15) is 43.7 Å². The van der Waals surface area contributed by atoms with Gasteiger partial charge in [0.2, 0.25) is 5.91 Å². The minimum Gasteiger partial charge on any atom is -0.492 e. The average molecular weight is 678 g/mol. The van der Waals surface area contributed by atoms with E-state index >= 15 is 8.78 Å². The van der Waals surface area contributed by atoms with Crippen molar-refractivity contribution in [2.24, 2.45) is 0 Å². The van der Waals surface area contributed by atoms with Gasteiger partial charge in [-0.15, -0.1) is 11.3 Å². The number of anilines is 2. The molecule has 1 amide bonds. The third-order valence-corrected chi connectivity index (χ3v) is 11.6. The topological polar surface area (TPSA) is 121 Å². The van der Waals surface area contributed by atoms with E-state index in [0.717, 1.165) is 30.7 Å². The van der Waals surface area contributed by atoms with E-state index in [1.165, 1.54) is 12.1 Å². The van der Waals surface area contributed by atoms with Crippen LogP contribution in [0.5, 0.6) is 11.8 Å². The summed E-state index contributed by atoms with van der Waals surface area (Å²) in [4.78, 5) is 28.8. The van der Waals surface area contributed by atoms with Gasteiger partial charge >= 0.3 is 6.01 Å². The van der Waals surface area contributed by atoms with Gasteiger partial charge in [-0.25, -0.2) is 13.2 Å². The molecule has 4 aliphatic rings. The summed E-state index contributed by atoms with van der Waals surface area (Å²) in [7, 11) is 0. The summed E-state index contributed by atoms with van der Waals surface area (Å²) in [5, 5.41) is 10.6. The van der Waals surface area contributed by atoms with Gasteiger partial charge < -0.3 is 25.0 Å². The molecule has 250 valence electrons. The van der Waals surface area contributed by atoms with Gasteiger partial charge in [0.25, 0.3) is 0 Å². The van der Waals surface area contributed by atoms with Crippen LogP contribution in [-0.2, 0) is 4.79 Å². The van der Waals surface area contributed by atoms with E-state index in [1.54, 1.807) is 11.8 Å². The summed E-state index contributed by atoms with van der Waals surface area (Å²) >= 11 is 0.934. The molecule has 10 nitrogen and oxygen atoms in total. The second kappa shape index (κ2) is 11.4. The van der Waals surface area contributed by atoms with Crippen LogP contribution in [0.15, 0.2) is 12.1 Å². The Morgan fingerprint density at radius 3 is 2.85 bits per heavy atom. The Balaban J connectivity index is 1.36. The van der Waals surface area contributed by atoms with Gasteiger partial charge in [0.1, 0.15) is 52.8 Å². The summed E-state index contributed by atoms with van der Waals surface area (Å²) in [6, 6.07) is 4.06. The molecule has 0 saturated carbocycles. The van der Waals surface area contributed by atoms with Gasteiger partial charge in [0, 0.05) is 55.5 Å². The van der Waals surface area contributed by atoms with Crippen LogP contribution in [-0.4, -0.2) is 89.4 Å². The van der Waals surface area contributed by atoms with E-state index < -0.39 is 29.4 Å². The molecule has 3 saturated heterocycles. The van der Waals surface area contributed by atoms with Crippen LogP contribution in [0.25, 0.3) is 32.1 Å². The monoisotopic (exact) mass is 677 g/mol. The van der Waals surface area contributed by atoms with Crippen LogP contribution in [0.4, 0.5) is 24.0 Å². The number of piperazine rings is 1. The second-order valence-corrected chi connectivity index (χ2v) is 14.1. The third-order valence-electron chi connectivity index (χ3n) is 10.5. The molecule has 0 bridgehead atoms. The number of halogens is 3. The van der Waals surface area contributed by atoms with Crippen molar-refractivity contribution in [1.29, 1.82) is 5.26 Å². The van der Waals surface area contributed by atoms with Crippen molar-refractivity contribution in [2.75, 3.05) is 56.6 Å². The number of hydrogen-bond donors (Lipinski definition) is 1. The van der Waals surface area contributed by atoms with Crippen LogP contribution in [0.2, 0.25) is 0 Å². The van der Waals surface area contributed by atoms with E-state index in [2.05, 4.69) is 16.0 Å². The molecule has 48 heavy (non-hydrogen) atoms. The molecule has 2 aromatic heterocycles. The average Bonchev–Trinajstić information content (AvgIpc) is 3.71. The lowest BCUT2D eigenvalue weighted by atomic mass is 9.92. The maximum absolute atomic E-state index is 17.3. The normalized spacial score (nSPS) is 24.0. The summed E-state index contributed by atoms with van der Waals surface area (Å²) in [6.45, 7) is 6.54. The number of carbonyl (C=O) groups is 1. The Hall–Kier alpha value is -4.35. The van der Waals surface area contributed by atoms with Crippen molar-refractivity contribution in [3.63, 3.8) is 0 Å². The van der Waals surface area contributed by atoms with Crippen LogP contribution >= 0.6 is 11.3 Å². The molecule has 14 heteroatoms. The van der Waals surface area contributed by atoms with Gasteiger partial charge in [0.15, 0.2) is 5.82 Å². The summed E-state index contributed by atoms with van der Waals surface area (Å²) in [6.07, 6.45) is 1.43. The zero-order valence-electron chi connectivity index (χ0n) is 26.6. The van der Waals surface area contributed by atoms with Crippen molar-refractivity contribution in [3.8, 4) is 29.0 Å². The Morgan fingerprint density at radius 1 is 1.23 bits per heavy atom. The van der Waals surface area contributed by atoms with E-state index in [9.17, 15) is 14.4 Å². The number of benzene rings is 2. The molecule has 8 rings (SSSR count). The van der Waals surface area contributed by atoms with Crippen LogP contribution < -0.4 is 20.1 Å². The highest BCUT2D eigenvalue weighted by molar-refractivity contribution is 7.23. The lowest BCUT2D eigenvalue weighted by molar-refractivity contribution is -0.134. The molecule has 4 aromatic rings. The first kappa shape index (κ1) is 31.0. The van der Waals surface area contributed by atoms with Gasteiger partial charge in [-0.2, -0.15) is 15.2 Å². The fraction of sp³-hybridized carbons (Fsp3) is 0.471. The fourth-order valence-electron chi connectivity index (χ4n) is 8.27. The molecule has 0 radical (unpaired) electrons. The number of ether oxygens (including phenoxy) is 2. The van der Waals surface area contributed by atoms with E-state index in [-0.39, 0.29) is 62.4 Å². The fourth-order valence-corrected chi connectivity index (χ4v) is 9.22. The van der Waals surface area contributed by atoms with Gasteiger partial charge in [-0.3, -0.25) is 9.69 Å². The first-order valence-corrected chi connectivity index (χ1v) is 17.1. The molecule has 3 atom stereocenters. The highest BCUT2D eigenvalue weighted by atomic mass is 32.1. The smallest absolute Gasteiger partial charge is 0.319 e. The standard InChI is InChI=1S/C34H34F3N7O3S/c1-3-42-10-11-44-22(32(42)45)7-12-46-28-17(2)23(19-5-6-21(36)29-24(19)20(14-38)30(39)48-29)26(37)27-25(28)31(44)41-33(40-27)47-16-34-8-4-9-43(34)15-18(35)13-34/h5-6,18,22H,3-4,7-13,15-16,39H2,1-2H3/t18-,22?,34+/m1/s1. The summed E-state index contributed by atoms with van der Waals surface area (Å²) in [5.74, 6) is -0.702. The predicted molar refractivity (Wildman–Crippen MR) is 176 cm³/mol. The van der Waals surface area contributed by atoms with Crippen LogP contribution in [0.3, 0.4) is 0 Å². The third kappa shape index (κ3) is 4.50. The van der Waals surface area contributed by atoms with Crippen molar-refractivity contribution in [2.45, 2.75) is 57.3 Å².